The number of benzene rings is 3. The molecule has 2 amide bonds. The quantitative estimate of drug-likeness (QED) is 0.193. The monoisotopic (exact) mass is 599 g/mol. The zero-order valence-corrected chi connectivity index (χ0v) is 23.6. The summed E-state index contributed by atoms with van der Waals surface area (Å²) in [5.41, 5.74) is 0.949. The van der Waals surface area contributed by atoms with E-state index in [0.29, 0.717) is 46.8 Å². The number of carbonyl (C=O) groups excluding carboxylic acids is 1. The molecule has 0 spiro atoms. The van der Waals surface area contributed by atoms with E-state index in [-0.39, 0.29) is 18.2 Å². The van der Waals surface area contributed by atoms with Crippen LogP contribution in [0.25, 0.3) is 0 Å². The number of anilines is 1. The first kappa shape index (κ1) is 31.2. The fourth-order valence-electron chi connectivity index (χ4n) is 4.06. The molecule has 216 valence electrons. The van der Waals surface area contributed by atoms with Gasteiger partial charge in [-0.1, -0.05) is 35.3 Å². The van der Waals surface area contributed by atoms with E-state index in [1.54, 1.807) is 26.4 Å². The second-order valence-corrected chi connectivity index (χ2v) is 9.60. The van der Waals surface area contributed by atoms with E-state index in [0.717, 1.165) is 23.3 Å². The van der Waals surface area contributed by atoms with Gasteiger partial charge in [0, 0.05) is 24.7 Å². The van der Waals surface area contributed by atoms with Gasteiger partial charge in [-0.3, -0.25) is 0 Å². The minimum absolute atomic E-state index is 0.0328. The standard InChI is InChI=1S/C28H30Cl2F3N3O4/c1-38-24-11-17(12-25(39-2)26(24)40-3)15-34-10-9-19(18-7-8-22(29)23(30)13-18)16-35-27(37)36-21-6-4-5-20(14-21)28(31,32)33/h4-8,11-14,19,34H,9-10,15-16H2,1-3H3,(H2,35,36,37). The van der Waals surface area contributed by atoms with Crippen LogP contribution in [0.5, 0.6) is 17.2 Å². The lowest BCUT2D eigenvalue weighted by Gasteiger charge is -2.20. The maximum Gasteiger partial charge on any atom is 0.416 e. The summed E-state index contributed by atoms with van der Waals surface area (Å²) in [6, 6.07) is 12.7. The van der Waals surface area contributed by atoms with Gasteiger partial charge in [0.05, 0.1) is 36.9 Å². The molecule has 0 bridgehead atoms. The molecule has 3 rings (SSSR count). The van der Waals surface area contributed by atoms with Crippen molar-refractivity contribution in [3.05, 3.63) is 81.3 Å². The normalized spacial score (nSPS) is 12.0. The Kier molecular flexibility index (Phi) is 11.2. The van der Waals surface area contributed by atoms with Gasteiger partial charge in [-0.05, 0) is 66.6 Å². The molecule has 40 heavy (non-hydrogen) atoms. The SMILES string of the molecule is COc1cc(CNCCC(CNC(=O)Nc2cccc(C(F)(F)F)c2)c2ccc(Cl)c(Cl)c2)cc(OC)c1OC. The summed E-state index contributed by atoms with van der Waals surface area (Å²) >= 11 is 12.3. The largest absolute Gasteiger partial charge is 0.493 e. The summed E-state index contributed by atoms with van der Waals surface area (Å²) in [6.07, 6.45) is -3.91. The number of urea groups is 1. The highest BCUT2D eigenvalue weighted by atomic mass is 35.5. The van der Waals surface area contributed by atoms with Crippen molar-refractivity contribution >= 4 is 34.9 Å². The first-order valence-electron chi connectivity index (χ1n) is 12.2. The van der Waals surface area contributed by atoms with Crippen LogP contribution in [0.2, 0.25) is 10.0 Å². The molecule has 1 atom stereocenters. The third-order valence-electron chi connectivity index (χ3n) is 6.10. The van der Waals surface area contributed by atoms with E-state index in [9.17, 15) is 18.0 Å². The van der Waals surface area contributed by atoms with Gasteiger partial charge >= 0.3 is 12.2 Å². The number of amides is 2. The molecule has 0 aromatic heterocycles. The lowest BCUT2D eigenvalue weighted by Crippen LogP contribution is -2.33. The Morgan fingerprint density at radius 2 is 1.62 bits per heavy atom. The van der Waals surface area contributed by atoms with E-state index in [2.05, 4.69) is 16.0 Å². The van der Waals surface area contributed by atoms with Crippen LogP contribution < -0.4 is 30.2 Å². The molecule has 0 aliphatic carbocycles. The summed E-state index contributed by atoms with van der Waals surface area (Å²) < 4.78 is 55.2. The van der Waals surface area contributed by atoms with Gasteiger partial charge in [-0.15, -0.1) is 0 Å². The van der Waals surface area contributed by atoms with Crippen LogP contribution in [0.3, 0.4) is 0 Å². The number of rotatable bonds is 12. The Morgan fingerprint density at radius 1 is 0.925 bits per heavy atom. The molecule has 0 aliphatic rings. The minimum atomic E-state index is -4.51. The number of hydrogen-bond donors (Lipinski definition) is 3. The van der Waals surface area contributed by atoms with Crippen LogP contribution >= 0.6 is 23.2 Å². The summed E-state index contributed by atoms with van der Waals surface area (Å²) in [7, 11) is 4.63. The van der Waals surface area contributed by atoms with Gasteiger partial charge in [0.15, 0.2) is 11.5 Å². The Bertz CT molecular complexity index is 1280. The van der Waals surface area contributed by atoms with Gasteiger partial charge < -0.3 is 30.2 Å². The van der Waals surface area contributed by atoms with Crippen molar-refractivity contribution in [3.63, 3.8) is 0 Å². The van der Waals surface area contributed by atoms with Gasteiger partial charge in [0.1, 0.15) is 0 Å². The van der Waals surface area contributed by atoms with Crippen molar-refractivity contribution in [1.29, 1.82) is 0 Å². The Hall–Kier alpha value is -3.34. The van der Waals surface area contributed by atoms with E-state index in [1.165, 1.54) is 19.2 Å². The number of nitrogens with one attached hydrogen (secondary N) is 3. The summed E-state index contributed by atoms with van der Waals surface area (Å²) in [5.74, 6) is 1.42. The third-order valence-corrected chi connectivity index (χ3v) is 6.83. The van der Waals surface area contributed by atoms with Crippen molar-refractivity contribution in [2.24, 2.45) is 0 Å². The van der Waals surface area contributed by atoms with E-state index >= 15 is 0 Å². The van der Waals surface area contributed by atoms with Crippen LogP contribution in [-0.2, 0) is 12.7 Å². The van der Waals surface area contributed by atoms with Crippen LogP contribution in [-0.4, -0.2) is 40.5 Å². The fourth-order valence-corrected chi connectivity index (χ4v) is 4.37. The van der Waals surface area contributed by atoms with Crippen molar-refractivity contribution < 1.29 is 32.2 Å². The predicted octanol–water partition coefficient (Wildman–Crippen LogP) is 7.12. The van der Waals surface area contributed by atoms with Crippen molar-refractivity contribution in [2.45, 2.75) is 25.1 Å². The Morgan fingerprint density at radius 3 is 2.23 bits per heavy atom. The van der Waals surface area contributed by atoms with Crippen molar-refractivity contribution in [2.75, 3.05) is 39.7 Å². The number of carbonyl (C=O) groups is 1. The van der Waals surface area contributed by atoms with Gasteiger partial charge in [0.2, 0.25) is 5.75 Å². The predicted molar refractivity (Wildman–Crippen MR) is 150 cm³/mol. The lowest BCUT2D eigenvalue weighted by atomic mass is 9.95. The smallest absolute Gasteiger partial charge is 0.416 e. The number of halogens is 5. The molecule has 0 saturated heterocycles. The van der Waals surface area contributed by atoms with E-state index in [4.69, 9.17) is 37.4 Å². The van der Waals surface area contributed by atoms with Crippen LogP contribution in [0.15, 0.2) is 54.6 Å². The highest BCUT2D eigenvalue weighted by molar-refractivity contribution is 6.42. The zero-order chi connectivity index (χ0) is 29.3. The molecule has 3 aromatic rings. The highest BCUT2D eigenvalue weighted by Crippen LogP contribution is 2.38. The van der Waals surface area contributed by atoms with Crippen molar-refractivity contribution in [1.82, 2.24) is 10.6 Å². The molecule has 3 aromatic carbocycles. The topological polar surface area (TPSA) is 80.9 Å². The molecule has 0 fully saturated rings. The fraction of sp³-hybridized carbons (Fsp3) is 0.321. The highest BCUT2D eigenvalue weighted by Gasteiger charge is 2.30. The average Bonchev–Trinajstić information content (AvgIpc) is 2.93. The van der Waals surface area contributed by atoms with Gasteiger partial charge in [0.25, 0.3) is 0 Å². The third kappa shape index (κ3) is 8.58. The van der Waals surface area contributed by atoms with Gasteiger partial charge in [-0.25, -0.2) is 4.79 Å². The number of ether oxygens (including phenoxy) is 3. The average molecular weight is 600 g/mol. The Balaban J connectivity index is 1.64. The summed E-state index contributed by atoms with van der Waals surface area (Å²) in [5, 5.41) is 9.35. The maximum absolute atomic E-state index is 13.0. The molecule has 0 heterocycles. The first-order chi connectivity index (χ1) is 19.0. The summed E-state index contributed by atoms with van der Waals surface area (Å²) in [6.45, 7) is 1.28. The molecular formula is C28H30Cl2F3N3O4. The second kappa shape index (κ2) is 14.3. The molecule has 3 N–H and O–H groups in total. The van der Waals surface area contributed by atoms with Crippen LogP contribution in [0.1, 0.15) is 29.0 Å². The summed E-state index contributed by atoms with van der Waals surface area (Å²) in [4.78, 5) is 12.5. The van der Waals surface area contributed by atoms with E-state index in [1.807, 2.05) is 18.2 Å². The molecule has 1 unspecified atom stereocenters. The number of hydrogen-bond acceptors (Lipinski definition) is 5. The van der Waals surface area contributed by atoms with Crippen molar-refractivity contribution in [3.8, 4) is 17.2 Å². The zero-order valence-electron chi connectivity index (χ0n) is 22.1. The molecule has 0 radical (unpaired) electrons. The lowest BCUT2D eigenvalue weighted by molar-refractivity contribution is -0.137. The van der Waals surface area contributed by atoms with E-state index < -0.39 is 17.8 Å². The maximum atomic E-state index is 13.0. The second-order valence-electron chi connectivity index (χ2n) is 8.78. The number of alkyl halides is 3. The van der Waals surface area contributed by atoms with Crippen LogP contribution in [0.4, 0.5) is 23.7 Å². The number of methoxy groups -OCH3 is 3. The molecule has 0 aliphatic heterocycles. The Labute approximate surface area is 240 Å². The van der Waals surface area contributed by atoms with Crippen LogP contribution in [0, 0.1) is 0 Å². The molecular weight excluding hydrogens is 570 g/mol. The first-order valence-corrected chi connectivity index (χ1v) is 13.0. The molecule has 0 saturated carbocycles. The minimum Gasteiger partial charge on any atom is -0.493 e. The molecule has 12 heteroatoms. The molecule has 7 nitrogen and oxygen atoms in total. The van der Waals surface area contributed by atoms with Gasteiger partial charge in [-0.2, -0.15) is 13.2 Å².